The molecule has 0 bridgehead atoms. The summed E-state index contributed by atoms with van der Waals surface area (Å²) in [6.07, 6.45) is -5.44. The predicted molar refractivity (Wildman–Crippen MR) is 58.9 cm³/mol. The number of hydrogen-bond donors (Lipinski definition) is 4. The number of hydrogen-bond acceptors (Lipinski definition) is 6. The third-order valence-corrected chi connectivity index (χ3v) is 2.72. The van der Waals surface area contributed by atoms with Crippen LogP contribution in [0, 0.1) is 0 Å². The number of aromatic nitrogens is 2. The zero-order valence-electron chi connectivity index (χ0n) is 10.3. The highest BCUT2D eigenvalue weighted by Gasteiger charge is 2.43. The Labute approximate surface area is 102 Å². The molecule has 1 aromatic rings. The van der Waals surface area contributed by atoms with E-state index in [0.717, 1.165) is 16.8 Å². The topological polar surface area (TPSA) is 125 Å². The fourth-order valence-electron chi connectivity index (χ4n) is 1.83. The molecule has 4 atom stereocenters. The summed E-state index contributed by atoms with van der Waals surface area (Å²) >= 11 is 0. The van der Waals surface area contributed by atoms with Crippen LogP contribution in [0.15, 0.2) is 21.9 Å². The first-order chi connectivity index (χ1) is 8.87. The molecule has 1 saturated heterocycles. The number of aliphatic hydroxyl groups excluding tert-OH is 2. The molecule has 0 radical (unpaired) electrons. The first-order valence-electron chi connectivity index (χ1n) is 5.86. The molecule has 8 heteroatoms. The van der Waals surface area contributed by atoms with E-state index in [1.54, 1.807) is 0 Å². The van der Waals surface area contributed by atoms with Crippen LogP contribution in [0.3, 0.4) is 0 Å². The van der Waals surface area contributed by atoms with Crippen molar-refractivity contribution in [1.82, 2.24) is 9.55 Å². The van der Waals surface area contributed by atoms with Gasteiger partial charge in [0, 0.05) is 18.9 Å². The van der Waals surface area contributed by atoms with Crippen molar-refractivity contribution in [2.45, 2.75) is 30.9 Å². The van der Waals surface area contributed by atoms with Crippen molar-refractivity contribution in [3.63, 3.8) is 0 Å². The van der Waals surface area contributed by atoms with Gasteiger partial charge in [0.1, 0.15) is 12.2 Å². The van der Waals surface area contributed by atoms with E-state index >= 15 is 0 Å². The summed E-state index contributed by atoms with van der Waals surface area (Å²) in [6, 6.07) is 1.06. The average Bonchev–Trinajstić information content (AvgIpc) is 2.54. The molecule has 2 heterocycles. The molecule has 100 valence electrons. The first kappa shape index (κ1) is 11.6. The van der Waals surface area contributed by atoms with Crippen LogP contribution in [0.4, 0.5) is 0 Å². The monoisotopic (exact) mass is 259 g/mol. The van der Waals surface area contributed by atoms with Crippen molar-refractivity contribution < 1.29 is 21.4 Å². The number of rotatable bonds is 3. The van der Waals surface area contributed by atoms with Gasteiger partial charge in [-0.25, -0.2) is 4.79 Å². The number of aromatic amines is 1. The van der Waals surface area contributed by atoms with E-state index in [1.807, 2.05) is 4.98 Å². The van der Waals surface area contributed by atoms with Gasteiger partial charge in [-0.05, 0) is 6.42 Å². The second-order valence-electron chi connectivity index (χ2n) is 3.91. The minimum Gasteiger partial charge on any atom is -0.396 e. The molecule has 2 rings (SSSR count). The lowest BCUT2D eigenvalue weighted by Gasteiger charge is -2.16. The van der Waals surface area contributed by atoms with Gasteiger partial charge in [0.05, 0.1) is 7.47 Å². The van der Waals surface area contributed by atoms with Gasteiger partial charge in [-0.15, -0.1) is 0 Å². The Morgan fingerprint density at radius 3 is 2.83 bits per heavy atom. The number of ether oxygens (including phenoxy) is 1. The van der Waals surface area contributed by atoms with Crippen molar-refractivity contribution in [3.05, 3.63) is 33.1 Å². The summed E-state index contributed by atoms with van der Waals surface area (Å²) in [6.45, 7) is -0.341. The average molecular weight is 259 g/mol. The highest BCUT2D eigenvalue weighted by Crippen LogP contribution is 2.29. The van der Waals surface area contributed by atoms with Crippen LogP contribution in [0.2, 0.25) is 0 Å². The summed E-state index contributed by atoms with van der Waals surface area (Å²) in [5, 5.41) is 28.5. The Balaban J connectivity index is 2.36. The SMILES string of the molecule is [2H][C@@]1(O)[C@@H](CCO)O[C@@H](n2ccc(=O)[nH]c2=O)[C@@H]1O. The van der Waals surface area contributed by atoms with E-state index in [0.29, 0.717) is 0 Å². The summed E-state index contributed by atoms with van der Waals surface area (Å²) in [5.74, 6) is 0. The third-order valence-electron chi connectivity index (χ3n) is 2.72. The Kier molecular flexibility index (Phi) is 3.24. The molecule has 18 heavy (non-hydrogen) atoms. The Morgan fingerprint density at radius 1 is 1.50 bits per heavy atom. The van der Waals surface area contributed by atoms with E-state index in [9.17, 15) is 19.8 Å². The highest BCUT2D eigenvalue weighted by molar-refractivity contribution is 4.92. The maximum absolute atomic E-state index is 11.6. The molecule has 1 fully saturated rings. The summed E-state index contributed by atoms with van der Waals surface area (Å²) in [7, 11) is 0. The molecule has 1 aromatic heterocycles. The van der Waals surface area contributed by atoms with Crippen molar-refractivity contribution in [2.24, 2.45) is 0 Å². The fourth-order valence-corrected chi connectivity index (χ4v) is 1.83. The molecule has 0 saturated carbocycles. The quantitative estimate of drug-likeness (QED) is 0.477. The molecule has 0 aromatic carbocycles. The van der Waals surface area contributed by atoms with E-state index in [1.165, 1.54) is 0 Å². The molecular formula is C10H14N2O6. The van der Waals surface area contributed by atoms with Crippen LogP contribution in [0.5, 0.6) is 0 Å². The summed E-state index contributed by atoms with van der Waals surface area (Å²) < 4.78 is 13.7. The predicted octanol–water partition coefficient (Wildman–Crippen LogP) is -2.46. The van der Waals surface area contributed by atoms with E-state index in [-0.39, 0.29) is 13.0 Å². The molecule has 1 aliphatic heterocycles. The Hall–Kier alpha value is -1.48. The summed E-state index contributed by atoms with van der Waals surface area (Å²) in [5.41, 5.74) is -1.43. The van der Waals surface area contributed by atoms with Gasteiger partial charge in [-0.2, -0.15) is 0 Å². The lowest BCUT2D eigenvalue weighted by atomic mass is 10.1. The van der Waals surface area contributed by atoms with Crippen LogP contribution < -0.4 is 11.2 Å². The smallest absolute Gasteiger partial charge is 0.330 e. The zero-order valence-corrected chi connectivity index (χ0v) is 9.31. The normalized spacial score (nSPS) is 36.6. The van der Waals surface area contributed by atoms with E-state index in [2.05, 4.69) is 0 Å². The van der Waals surface area contributed by atoms with Crippen molar-refractivity contribution >= 4 is 0 Å². The number of nitrogens with one attached hydrogen (secondary N) is 1. The molecular weight excluding hydrogens is 244 g/mol. The van der Waals surface area contributed by atoms with E-state index < -0.39 is 35.8 Å². The molecule has 0 amide bonds. The maximum atomic E-state index is 11.6. The van der Waals surface area contributed by atoms with Gasteiger partial charge in [0.25, 0.3) is 5.56 Å². The molecule has 0 aliphatic carbocycles. The van der Waals surface area contributed by atoms with Crippen LogP contribution in [-0.4, -0.2) is 49.8 Å². The first-order valence-corrected chi connectivity index (χ1v) is 5.36. The molecule has 8 nitrogen and oxygen atoms in total. The lowest BCUT2D eigenvalue weighted by Crippen LogP contribution is -2.37. The highest BCUT2D eigenvalue weighted by atomic mass is 16.6. The maximum Gasteiger partial charge on any atom is 0.330 e. The van der Waals surface area contributed by atoms with Crippen LogP contribution in [0.1, 0.15) is 14.0 Å². The number of H-pyrrole nitrogens is 1. The van der Waals surface area contributed by atoms with Gasteiger partial charge in [0.15, 0.2) is 6.23 Å². The molecule has 4 N–H and O–H groups in total. The number of aliphatic hydroxyl groups is 3. The molecule has 0 spiro atoms. The zero-order chi connectivity index (χ0) is 14.2. The van der Waals surface area contributed by atoms with Gasteiger partial charge in [0.2, 0.25) is 0 Å². The second kappa shape index (κ2) is 5.02. The molecule has 0 unspecified atom stereocenters. The van der Waals surface area contributed by atoms with Crippen molar-refractivity contribution in [3.8, 4) is 0 Å². The van der Waals surface area contributed by atoms with Crippen molar-refractivity contribution in [1.29, 1.82) is 0 Å². The second-order valence-corrected chi connectivity index (χ2v) is 3.91. The molecule has 1 aliphatic rings. The van der Waals surface area contributed by atoms with Crippen LogP contribution >= 0.6 is 0 Å². The van der Waals surface area contributed by atoms with Gasteiger partial charge in [-0.3, -0.25) is 14.3 Å². The largest absolute Gasteiger partial charge is 0.396 e. The van der Waals surface area contributed by atoms with Crippen LogP contribution in [-0.2, 0) is 4.74 Å². The van der Waals surface area contributed by atoms with Gasteiger partial charge < -0.3 is 20.1 Å². The van der Waals surface area contributed by atoms with Gasteiger partial charge in [-0.1, -0.05) is 0 Å². The summed E-state index contributed by atoms with van der Waals surface area (Å²) in [4.78, 5) is 24.5. The fraction of sp³-hybridized carbons (Fsp3) is 0.600. The Morgan fingerprint density at radius 2 is 2.22 bits per heavy atom. The standard InChI is InChI=1S/C10H14N2O6/c13-4-2-5-7(15)8(16)9(18-5)12-3-1-6(14)11-10(12)17/h1,3,5,7-9,13,15-16H,2,4H2,(H,11,14,17)/t5-,7-,8-,9-/m1/s1/i7D. The third kappa shape index (κ3) is 2.23. The lowest BCUT2D eigenvalue weighted by molar-refractivity contribution is -0.0451. The van der Waals surface area contributed by atoms with E-state index in [4.69, 9.17) is 11.2 Å². The number of nitrogens with zero attached hydrogens (tertiary/aromatic N) is 1. The Bertz CT molecular complexity index is 568. The van der Waals surface area contributed by atoms with Gasteiger partial charge >= 0.3 is 5.69 Å². The minimum absolute atomic E-state index is 0.0638. The van der Waals surface area contributed by atoms with Crippen molar-refractivity contribution in [2.75, 3.05) is 6.61 Å². The van der Waals surface area contributed by atoms with Crippen LogP contribution in [0.25, 0.3) is 0 Å². The minimum atomic E-state index is -2.34.